The third kappa shape index (κ3) is 3.07. The fourth-order valence-electron chi connectivity index (χ4n) is 3.16. The zero-order valence-electron chi connectivity index (χ0n) is 14.3. The molecule has 1 amide bonds. The van der Waals surface area contributed by atoms with E-state index < -0.39 is 6.10 Å². The van der Waals surface area contributed by atoms with Crippen LogP contribution in [0.2, 0.25) is 0 Å². The lowest BCUT2D eigenvalue weighted by molar-refractivity contribution is -0.142. The van der Waals surface area contributed by atoms with Gasteiger partial charge in [0.2, 0.25) is 0 Å². The average Bonchev–Trinajstić information content (AvgIpc) is 3.12. The highest BCUT2D eigenvalue weighted by molar-refractivity contribution is 5.84. The number of benzene rings is 2. The van der Waals surface area contributed by atoms with Gasteiger partial charge in [0.1, 0.15) is 5.75 Å². The largest absolute Gasteiger partial charge is 0.467 e. The molecule has 1 aliphatic heterocycles. The van der Waals surface area contributed by atoms with Gasteiger partial charge in [-0.15, -0.1) is 0 Å². The van der Waals surface area contributed by atoms with Gasteiger partial charge in [-0.2, -0.15) is 5.10 Å². The summed E-state index contributed by atoms with van der Waals surface area (Å²) in [4.78, 5) is 13.0. The molecule has 132 valence electrons. The van der Waals surface area contributed by atoms with E-state index in [9.17, 15) is 4.79 Å². The van der Waals surface area contributed by atoms with Crippen LogP contribution in [0.3, 0.4) is 0 Å². The molecule has 6 nitrogen and oxygen atoms in total. The number of rotatable bonds is 4. The van der Waals surface area contributed by atoms with E-state index in [-0.39, 0.29) is 18.7 Å². The topological polar surface area (TPSA) is 65.4 Å². The van der Waals surface area contributed by atoms with Crippen molar-refractivity contribution in [3.05, 3.63) is 83.7 Å². The lowest BCUT2D eigenvalue weighted by Gasteiger charge is -2.27. The number of aromatic nitrogens is 2. The highest BCUT2D eigenvalue weighted by Crippen LogP contribution is 2.32. The van der Waals surface area contributed by atoms with E-state index >= 15 is 0 Å². The molecule has 0 fully saturated rings. The molecule has 0 saturated carbocycles. The van der Waals surface area contributed by atoms with Crippen LogP contribution < -0.4 is 10.1 Å². The quantitative estimate of drug-likeness (QED) is 0.787. The van der Waals surface area contributed by atoms with Gasteiger partial charge in [0.15, 0.2) is 12.9 Å². The Morgan fingerprint density at radius 3 is 2.69 bits per heavy atom. The van der Waals surface area contributed by atoms with E-state index in [4.69, 9.17) is 9.47 Å². The molecule has 0 radical (unpaired) electrons. The first-order chi connectivity index (χ1) is 12.7. The van der Waals surface area contributed by atoms with Crippen molar-refractivity contribution in [1.82, 2.24) is 15.1 Å². The zero-order chi connectivity index (χ0) is 17.9. The van der Waals surface area contributed by atoms with Crippen molar-refractivity contribution in [3.63, 3.8) is 0 Å². The molecule has 0 spiro atoms. The van der Waals surface area contributed by atoms with Gasteiger partial charge in [0.25, 0.3) is 5.91 Å². The molecular weight excluding hydrogens is 330 g/mol. The smallest absolute Gasteiger partial charge is 0.254 e. The Hall–Kier alpha value is -3.12. The minimum absolute atomic E-state index is 0.0524. The van der Waals surface area contributed by atoms with E-state index in [2.05, 4.69) is 10.4 Å². The Kier molecular flexibility index (Phi) is 4.41. The van der Waals surface area contributed by atoms with Crippen LogP contribution in [0.5, 0.6) is 5.75 Å². The van der Waals surface area contributed by atoms with Crippen molar-refractivity contribution < 1.29 is 14.3 Å². The van der Waals surface area contributed by atoms with Gasteiger partial charge in [-0.25, -0.2) is 0 Å². The number of carbonyl (C=O) groups is 1. The Balaban J connectivity index is 1.65. The number of ether oxygens (including phenoxy) is 2. The Morgan fingerprint density at radius 2 is 1.92 bits per heavy atom. The summed E-state index contributed by atoms with van der Waals surface area (Å²) in [5.41, 5.74) is 2.60. The zero-order valence-corrected chi connectivity index (χ0v) is 14.3. The number of para-hydroxylation sites is 1. The Bertz CT molecular complexity index is 907. The highest BCUT2D eigenvalue weighted by atomic mass is 16.7. The van der Waals surface area contributed by atoms with Gasteiger partial charge in [-0.3, -0.25) is 9.48 Å². The van der Waals surface area contributed by atoms with Crippen molar-refractivity contribution >= 4 is 5.91 Å². The minimum atomic E-state index is -0.709. The monoisotopic (exact) mass is 349 g/mol. The standard InChI is InChI=1S/C20H19N3O3/c1-23-16(11-12-21-23)18(14-7-3-2-4-8-14)22-20(24)19-15-9-5-6-10-17(15)25-13-26-19/h2-12,18-19H,13H2,1H3,(H,22,24)/t18-,19+/m0/s1. The molecule has 0 bridgehead atoms. The molecule has 1 aliphatic rings. The summed E-state index contributed by atoms with van der Waals surface area (Å²) in [5, 5.41) is 7.34. The number of fused-ring (bicyclic) bond motifs is 1. The van der Waals surface area contributed by atoms with Gasteiger partial charge in [-0.05, 0) is 17.7 Å². The third-order valence-corrected chi connectivity index (χ3v) is 4.46. The number of nitrogens with zero attached hydrogens (tertiary/aromatic N) is 2. The summed E-state index contributed by atoms with van der Waals surface area (Å²) in [6, 6.07) is 18.8. The van der Waals surface area contributed by atoms with Crippen molar-refractivity contribution in [2.24, 2.45) is 7.05 Å². The van der Waals surface area contributed by atoms with E-state index in [0.29, 0.717) is 5.75 Å². The molecule has 1 N–H and O–H groups in total. The van der Waals surface area contributed by atoms with Crippen LogP contribution in [0.4, 0.5) is 0 Å². The number of carbonyl (C=O) groups excluding carboxylic acids is 1. The molecule has 2 atom stereocenters. The normalized spacial score (nSPS) is 17.0. The summed E-state index contributed by atoms with van der Waals surface area (Å²) < 4.78 is 12.8. The molecule has 2 aromatic carbocycles. The molecular formula is C20H19N3O3. The molecule has 0 saturated heterocycles. The number of amides is 1. The first-order valence-corrected chi connectivity index (χ1v) is 8.40. The van der Waals surface area contributed by atoms with Crippen LogP contribution in [0.1, 0.15) is 29.0 Å². The first-order valence-electron chi connectivity index (χ1n) is 8.40. The summed E-state index contributed by atoms with van der Waals surface area (Å²) in [6.45, 7) is 0.0524. The lowest BCUT2D eigenvalue weighted by atomic mass is 10.0. The maximum atomic E-state index is 13.0. The molecule has 6 heteroatoms. The van der Waals surface area contributed by atoms with E-state index in [1.807, 2.05) is 67.7 Å². The number of hydrogen-bond donors (Lipinski definition) is 1. The van der Waals surface area contributed by atoms with Crippen LogP contribution in [0, 0.1) is 0 Å². The first kappa shape index (κ1) is 16.4. The van der Waals surface area contributed by atoms with Gasteiger partial charge < -0.3 is 14.8 Å². The van der Waals surface area contributed by atoms with Crippen LogP contribution >= 0.6 is 0 Å². The maximum absolute atomic E-state index is 13.0. The summed E-state index contributed by atoms with van der Waals surface area (Å²) in [6.07, 6.45) is 1.01. The summed E-state index contributed by atoms with van der Waals surface area (Å²) >= 11 is 0. The Morgan fingerprint density at radius 1 is 1.15 bits per heavy atom. The van der Waals surface area contributed by atoms with E-state index in [0.717, 1.165) is 16.8 Å². The van der Waals surface area contributed by atoms with E-state index in [1.165, 1.54) is 0 Å². The summed E-state index contributed by atoms with van der Waals surface area (Å²) in [5.74, 6) is 0.464. The maximum Gasteiger partial charge on any atom is 0.254 e. The second-order valence-corrected chi connectivity index (χ2v) is 6.08. The molecule has 0 unspecified atom stereocenters. The third-order valence-electron chi connectivity index (χ3n) is 4.46. The van der Waals surface area contributed by atoms with Gasteiger partial charge in [-0.1, -0.05) is 48.5 Å². The predicted octanol–water partition coefficient (Wildman–Crippen LogP) is 2.73. The number of aryl methyl sites for hydroxylation is 1. The SMILES string of the molecule is Cn1nccc1[C@@H](NC(=O)[C@@H]1OCOc2ccccc21)c1ccccc1. The molecule has 0 aliphatic carbocycles. The van der Waals surface area contributed by atoms with Crippen molar-refractivity contribution in [3.8, 4) is 5.75 Å². The fourth-order valence-corrected chi connectivity index (χ4v) is 3.16. The number of nitrogens with one attached hydrogen (secondary N) is 1. The average molecular weight is 349 g/mol. The summed E-state index contributed by atoms with van der Waals surface area (Å²) in [7, 11) is 1.86. The van der Waals surface area contributed by atoms with Crippen LogP contribution in [0.15, 0.2) is 66.9 Å². The molecule has 3 aromatic rings. The highest BCUT2D eigenvalue weighted by Gasteiger charge is 2.31. The predicted molar refractivity (Wildman–Crippen MR) is 95.4 cm³/mol. The second kappa shape index (κ2) is 7.01. The van der Waals surface area contributed by atoms with Gasteiger partial charge >= 0.3 is 0 Å². The lowest BCUT2D eigenvalue weighted by Crippen LogP contribution is -2.37. The molecule has 1 aromatic heterocycles. The van der Waals surface area contributed by atoms with Crippen LogP contribution in [-0.2, 0) is 16.6 Å². The molecule has 4 rings (SSSR count). The molecule has 26 heavy (non-hydrogen) atoms. The van der Waals surface area contributed by atoms with Gasteiger partial charge in [0.05, 0.1) is 11.7 Å². The van der Waals surface area contributed by atoms with Crippen molar-refractivity contribution in [2.45, 2.75) is 12.1 Å². The van der Waals surface area contributed by atoms with Crippen LogP contribution in [-0.4, -0.2) is 22.5 Å². The van der Waals surface area contributed by atoms with Gasteiger partial charge in [0, 0.05) is 18.8 Å². The van der Waals surface area contributed by atoms with Crippen molar-refractivity contribution in [1.29, 1.82) is 0 Å². The van der Waals surface area contributed by atoms with Crippen molar-refractivity contribution in [2.75, 3.05) is 6.79 Å². The minimum Gasteiger partial charge on any atom is -0.467 e. The fraction of sp³-hybridized carbons (Fsp3) is 0.200. The second-order valence-electron chi connectivity index (χ2n) is 6.08. The number of hydrogen-bond acceptors (Lipinski definition) is 4. The van der Waals surface area contributed by atoms with Crippen LogP contribution in [0.25, 0.3) is 0 Å². The Labute approximate surface area is 151 Å². The van der Waals surface area contributed by atoms with E-state index in [1.54, 1.807) is 10.9 Å². The molecule has 2 heterocycles.